The maximum absolute atomic E-state index is 13.1. The third-order valence-corrected chi connectivity index (χ3v) is 3.97. The van der Waals surface area contributed by atoms with E-state index in [1.54, 1.807) is 6.07 Å². The molecule has 0 N–H and O–H groups in total. The number of nitrogens with zero attached hydrogens (tertiary/aromatic N) is 2. The first kappa shape index (κ1) is 12.5. The van der Waals surface area contributed by atoms with Crippen LogP contribution in [0.4, 0.5) is 4.39 Å². The molecule has 1 aliphatic rings. The van der Waals surface area contributed by atoms with Crippen molar-refractivity contribution in [2.24, 2.45) is 5.92 Å². The predicted molar refractivity (Wildman–Crippen MR) is 75.4 cm³/mol. The van der Waals surface area contributed by atoms with Crippen molar-refractivity contribution in [2.45, 2.75) is 26.3 Å². The van der Waals surface area contributed by atoms with Gasteiger partial charge in [-0.05, 0) is 56.1 Å². The zero-order chi connectivity index (χ0) is 13.2. The number of hydrogen-bond donors (Lipinski definition) is 0. The largest absolute Gasteiger partial charge is 0.297 e. The van der Waals surface area contributed by atoms with Crippen LogP contribution < -0.4 is 0 Å². The van der Waals surface area contributed by atoms with E-state index in [2.05, 4.69) is 16.8 Å². The Morgan fingerprint density at radius 2 is 2.00 bits per heavy atom. The molecule has 0 atom stereocenters. The van der Waals surface area contributed by atoms with Crippen LogP contribution in [0.5, 0.6) is 0 Å². The summed E-state index contributed by atoms with van der Waals surface area (Å²) in [4.78, 5) is 7.08. The van der Waals surface area contributed by atoms with Crippen LogP contribution in [0.25, 0.3) is 10.9 Å². The summed E-state index contributed by atoms with van der Waals surface area (Å²) in [6.45, 7) is 5.54. The molecule has 0 saturated carbocycles. The second-order valence-corrected chi connectivity index (χ2v) is 5.60. The van der Waals surface area contributed by atoms with Crippen molar-refractivity contribution >= 4 is 10.9 Å². The average molecular weight is 258 g/mol. The Balaban J connectivity index is 1.76. The topological polar surface area (TPSA) is 16.1 Å². The molecular formula is C16H19FN2. The number of aromatic nitrogens is 1. The molecule has 0 unspecified atom stereocenters. The summed E-state index contributed by atoms with van der Waals surface area (Å²) in [6, 6.07) is 8.75. The lowest BCUT2D eigenvalue weighted by atomic mass is 9.99. The maximum atomic E-state index is 13.1. The fourth-order valence-corrected chi connectivity index (χ4v) is 2.68. The molecule has 1 aromatic heterocycles. The van der Waals surface area contributed by atoms with Crippen molar-refractivity contribution in [3.05, 3.63) is 41.8 Å². The molecule has 1 saturated heterocycles. The Labute approximate surface area is 113 Å². The number of likely N-dealkylation sites (tertiary alicyclic amines) is 1. The summed E-state index contributed by atoms with van der Waals surface area (Å²) in [5, 5.41) is 0.871. The molecule has 3 rings (SSSR count). The van der Waals surface area contributed by atoms with Gasteiger partial charge in [-0.2, -0.15) is 0 Å². The highest BCUT2D eigenvalue weighted by Crippen LogP contribution is 2.19. The van der Waals surface area contributed by atoms with Crippen LogP contribution in [-0.2, 0) is 6.54 Å². The fraction of sp³-hybridized carbons (Fsp3) is 0.438. The van der Waals surface area contributed by atoms with E-state index in [1.807, 2.05) is 12.1 Å². The zero-order valence-electron chi connectivity index (χ0n) is 11.3. The number of piperidine rings is 1. The van der Waals surface area contributed by atoms with Crippen molar-refractivity contribution in [1.82, 2.24) is 9.88 Å². The van der Waals surface area contributed by atoms with Gasteiger partial charge in [-0.15, -0.1) is 0 Å². The molecule has 0 radical (unpaired) electrons. The van der Waals surface area contributed by atoms with E-state index in [0.29, 0.717) is 0 Å². The molecule has 100 valence electrons. The summed E-state index contributed by atoms with van der Waals surface area (Å²) in [5.41, 5.74) is 1.96. The number of fused-ring (bicyclic) bond motifs is 1. The number of pyridine rings is 1. The van der Waals surface area contributed by atoms with Crippen LogP contribution in [0.2, 0.25) is 0 Å². The van der Waals surface area contributed by atoms with Gasteiger partial charge >= 0.3 is 0 Å². The lowest BCUT2D eigenvalue weighted by molar-refractivity contribution is 0.183. The fourth-order valence-electron chi connectivity index (χ4n) is 2.68. The molecule has 0 bridgehead atoms. The molecule has 1 fully saturated rings. The van der Waals surface area contributed by atoms with E-state index < -0.39 is 0 Å². The Hall–Kier alpha value is -1.48. The minimum Gasteiger partial charge on any atom is -0.297 e. The molecular weight excluding hydrogens is 239 g/mol. The summed E-state index contributed by atoms with van der Waals surface area (Å²) >= 11 is 0. The molecule has 0 amide bonds. The first-order valence-corrected chi connectivity index (χ1v) is 6.98. The van der Waals surface area contributed by atoms with Gasteiger partial charge < -0.3 is 0 Å². The lowest BCUT2D eigenvalue weighted by Gasteiger charge is -2.29. The zero-order valence-corrected chi connectivity index (χ0v) is 11.3. The van der Waals surface area contributed by atoms with Crippen LogP contribution in [-0.4, -0.2) is 23.0 Å². The monoisotopic (exact) mass is 258 g/mol. The van der Waals surface area contributed by atoms with Gasteiger partial charge in [0, 0.05) is 11.9 Å². The van der Waals surface area contributed by atoms with E-state index in [4.69, 9.17) is 0 Å². The van der Waals surface area contributed by atoms with Crippen LogP contribution in [0.15, 0.2) is 30.3 Å². The molecule has 3 heteroatoms. The van der Waals surface area contributed by atoms with Crippen LogP contribution in [0.1, 0.15) is 25.5 Å². The summed E-state index contributed by atoms with van der Waals surface area (Å²) in [5.74, 6) is 0.649. The van der Waals surface area contributed by atoms with Crippen molar-refractivity contribution in [2.75, 3.05) is 13.1 Å². The minimum atomic E-state index is -0.202. The van der Waals surface area contributed by atoms with Gasteiger partial charge in [0.2, 0.25) is 0 Å². The predicted octanol–water partition coefficient (Wildman–Crippen LogP) is 3.61. The van der Waals surface area contributed by atoms with Gasteiger partial charge in [-0.1, -0.05) is 13.0 Å². The molecule has 1 aromatic carbocycles. The highest BCUT2D eigenvalue weighted by atomic mass is 19.1. The maximum Gasteiger partial charge on any atom is 0.123 e. The molecule has 2 heterocycles. The summed E-state index contributed by atoms with van der Waals surface area (Å²) in [7, 11) is 0. The Bertz CT molecular complexity index is 574. The molecule has 0 aliphatic carbocycles. The van der Waals surface area contributed by atoms with E-state index in [0.717, 1.165) is 42.1 Å². The van der Waals surface area contributed by atoms with Crippen molar-refractivity contribution in [3.8, 4) is 0 Å². The van der Waals surface area contributed by atoms with Crippen molar-refractivity contribution in [3.63, 3.8) is 0 Å². The molecule has 2 nitrogen and oxygen atoms in total. The first-order chi connectivity index (χ1) is 9.20. The number of rotatable bonds is 2. The Morgan fingerprint density at radius 1 is 1.21 bits per heavy atom. The second kappa shape index (κ2) is 5.25. The number of hydrogen-bond acceptors (Lipinski definition) is 2. The quantitative estimate of drug-likeness (QED) is 0.818. The van der Waals surface area contributed by atoms with Gasteiger partial charge in [-0.3, -0.25) is 9.88 Å². The van der Waals surface area contributed by atoms with Crippen LogP contribution >= 0.6 is 0 Å². The van der Waals surface area contributed by atoms with E-state index >= 15 is 0 Å². The van der Waals surface area contributed by atoms with Gasteiger partial charge in [-0.25, -0.2) is 4.39 Å². The smallest absolute Gasteiger partial charge is 0.123 e. The third kappa shape index (κ3) is 2.92. The van der Waals surface area contributed by atoms with Crippen molar-refractivity contribution < 1.29 is 4.39 Å². The average Bonchev–Trinajstić information content (AvgIpc) is 2.42. The summed E-state index contributed by atoms with van der Waals surface area (Å²) in [6.07, 6.45) is 2.55. The summed E-state index contributed by atoms with van der Waals surface area (Å²) < 4.78 is 13.1. The van der Waals surface area contributed by atoms with Gasteiger partial charge in [0.25, 0.3) is 0 Å². The minimum absolute atomic E-state index is 0.202. The second-order valence-electron chi connectivity index (χ2n) is 5.60. The van der Waals surface area contributed by atoms with E-state index in [1.165, 1.54) is 25.0 Å². The van der Waals surface area contributed by atoms with Crippen LogP contribution in [0.3, 0.4) is 0 Å². The van der Waals surface area contributed by atoms with Crippen molar-refractivity contribution in [1.29, 1.82) is 0 Å². The molecule has 1 aliphatic heterocycles. The van der Waals surface area contributed by atoms with Gasteiger partial charge in [0.05, 0.1) is 11.2 Å². The Kier molecular flexibility index (Phi) is 3.47. The van der Waals surface area contributed by atoms with E-state index in [9.17, 15) is 4.39 Å². The molecule has 0 spiro atoms. The molecule has 2 aromatic rings. The number of benzene rings is 1. The third-order valence-electron chi connectivity index (χ3n) is 3.97. The van der Waals surface area contributed by atoms with Crippen LogP contribution in [0, 0.1) is 11.7 Å². The normalized spacial score (nSPS) is 18.0. The SMILES string of the molecule is CC1CCN(Cc2ccc3cc(F)ccc3n2)CC1. The highest BCUT2D eigenvalue weighted by molar-refractivity contribution is 5.78. The number of halogens is 1. The van der Waals surface area contributed by atoms with Gasteiger partial charge in [0.1, 0.15) is 5.82 Å². The standard InChI is InChI=1S/C16H19FN2/c1-12-6-8-19(9-7-12)11-15-4-2-13-10-14(17)3-5-16(13)18-15/h2-5,10,12H,6-9,11H2,1H3. The lowest BCUT2D eigenvalue weighted by Crippen LogP contribution is -2.32. The molecule has 19 heavy (non-hydrogen) atoms. The Morgan fingerprint density at radius 3 is 2.79 bits per heavy atom. The van der Waals surface area contributed by atoms with E-state index in [-0.39, 0.29) is 5.82 Å². The highest BCUT2D eigenvalue weighted by Gasteiger charge is 2.16. The van der Waals surface area contributed by atoms with Gasteiger partial charge in [0.15, 0.2) is 0 Å². The first-order valence-electron chi connectivity index (χ1n) is 6.98.